The summed E-state index contributed by atoms with van der Waals surface area (Å²) in [6.07, 6.45) is -4.23. The average Bonchev–Trinajstić information content (AvgIpc) is 2.40. The van der Waals surface area contributed by atoms with Crippen molar-refractivity contribution in [2.45, 2.75) is 51.5 Å². The number of halogens is 1. The topological polar surface area (TPSA) is 166 Å². The van der Waals surface area contributed by atoms with Crippen LogP contribution in [-0.2, 0) is 38.4 Å². The summed E-state index contributed by atoms with van der Waals surface area (Å²) in [5.41, 5.74) is 0. The van der Waals surface area contributed by atoms with Gasteiger partial charge in [-0.2, -0.15) is 0 Å². The molecule has 138 valence electrons. The molecule has 0 bridgehead atoms. The van der Waals surface area contributed by atoms with Gasteiger partial charge in [0.2, 0.25) is 0 Å². The molecule has 0 rings (SSSR count). The van der Waals surface area contributed by atoms with E-state index in [1.165, 1.54) is 0 Å². The lowest BCUT2D eigenvalue weighted by Crippen LogP contribution is -2.70. The van der Waals surface area contributed by atoms with Crippen molar-refractivity contribution >= 4 is 38.5 Å². The molecule has 0 saturated carbocycles. The third-order valence-electron chi connectivity index (χ3n) is 2.45. The lowest BCUT2D eigenvalue weighted by atomic mass is 9.96. The first-order valence-electron chi connectivity index (χ1n) is 6.34. The molecular weight excluding hydrogens is 400 g/mol. The maximum absolute atomic E-state index is 11.9. The number of aliphatic hydroxyl groups is 3. The molecular formula is C12H17BrO11. The summed E-state index contributed by atoms with van der Waals surface area (Å²) in [6.45, 7) is 3.36. The molecule has 0 aromatic carbocycles. The van der Waals surface area contributed by atoms with Crippen molar-refractivity contribution in [1.29, 1.82) is 0 Å². The zero-order chi connectivity index (χ0) is 19.3. The van der Waals surface area contributed by atoms with Gasteiger partial charge >= 0.3 is 29.5 Å². The van der Waals surface area contributed by atoms with Crippen molar-refractivity contribution in [3.63, 3.8) is 0 Å². The van der Waals surface area contributed by atoms with E-state index in [0.29, 0.717) is 0 Å². The Morgan fingerprint density at radius 1 is 0.958 bits per heavy atom. The maximum atomic E-state index is 11.9. The van der Waals surface area contributed by atoms with Gasteiger partial charge in [-0.15, -0.1) is 4.89 Å². The van der Waals surface area contributed by atoms with Gasteiger partial charge in [0.25, 0.3) is 4.69 Å². The predicted octanol–water partition coefficient (Wildman–Crippen LogP) is -1.34. The van der Waals surface area contributed by atoms with Crippen molar-refractivity contribution in [3.05, 3.63) is 0 Å². The number of ether oxygens (including phenoxy) is 2. The Bertz CT molecular complexity index is 519. The third kappa shape index (κ3) is 4.95. The fourth-order valence-electron chi connectivity index (χ4n) is 1.55. The third-order valence-corrected chi connectivity index (χ3v) is 2.97. The molecule has 4 atom stereocenters. The fraction of sp³-hybridized carbons (Fsp3) is 0.667. The summed E-state index contributed by atoms with van der Waals surface area (Å²) in [5.74, 6) is -10.5. The molecule has 0 radical (unpaired) electrons. The summed E-state index contributed by atoms with van der Waals surface area (Å²) < 4.78 is 7.53. The van der Waals surface area contributed by atoms with Crippen LogP contribution in [-0.4, -0.2) is 61.7 Å². The lowest BCUT2D eigenvalue weighted by Gasteiger charge is -2.42. The second-order valence-electron chi connectivity index (χ2n) is 4.62. The number of hydrogen-bond donors (Lipinski definition) is 3. The standard InChI is InChI=1S/C12H17BrO11/c1-5(14)9(18)11(20,21-6(2)15)12(10(13)19,22-7(3)16)24-23-8(4)17/h5,9,14,18,20H,1-4H3/t5-,9-,11-,12-/m1/s1. The average molecular weight is 417 g/mol. The molecule has 3 N–H and O–H groups in total. The van der Waals surface area contributed by atoms with E-state index in [1.807, 2.05) is 0 Å². The van der Waals surface area contributed by atoms with E-state index in [9.17, 15) is 34.5 Å². The molecule has 12 heteroatoms. The first kappa shape index (κ1) is 22.4. The monoisotopic (exact) mass is 416 g/mol. The van der Waals surface area contributed by atoms with Crippen molar-refractivity contribution in [1.82, 2.24) is 0 Å². The van der Waals surface area contributed by atoms with Gasteiger partial charge in [-0.3, -0.25) is 19.3 Å². The molecule has 0 aliphatic carbocycles. The summed E-state index contributed by atoms with van der Waals surface area (Å²) in [4.78, 5) is 54.0. The minimum atomic E-state index is -3.48. The number of aliphatic hydroxyl groups excluding tert-OH is 2. The van der Waals surface area contributed by atoms with Crippen LogP contribution in [0.15, 0.2) is 0 Å². The largest absolute Gasteiger partial charge is 0.422 e. The quantitative estimate of drug-likeness (QED) is 0.141. The van der Waals surface area contributed by atoms with Gasteiger partial charge in [-0.1, -0.05) is 0 Å². The van der Waals surface area contributed by atoms with Gasteiger partial charge in [0.1, 0.15) is 0 Å². The molecule has 24 heavy (non-hydrogen) atoms. The van der Waals surface area contributed by atoms with Gasteiger partial charge in [-0.25, -0.2) is 4.79 Å². The molecule has 0 spiro atoms. The van der Waals surface area contributed by atoms with E-state index in [0.717, 1.165) is 27.7 Å². The zero-order valence-corrected chi connectivity index (χ0v) is 14.7. The maximum Gasteiger partial charge on any atom is 0.392 e. The molecule has 0 heterocycles. The minimum absolute atomic E-state index is 0.781. The number of hydrogen-bond acceptors (Lipinski definition) is 11. The zero-order valence-electron chi connectivity index (χ0n) is 13.1. The number of rotatable bonds is 8. The van der Waals surface area contributed by atoms with Crippen molar-refractivity contribution in [2.24, 2.45) is 0 Å². The minimum Gasteiger partial charge on any atom is -0.422 e. The van der Waals surface area contributed by atoms with Crippen LogP contribution in [0.5, 0.6) is 0 Å². The van der Waals surface area contributed by atoms with E-state index in [2.05, 4.69) is 35.2 Å². The van der Waals surface area contributed by atoms with E-state index >= 15 is 0 Å². The molecule has 0 aromatic heterocycles. The van der Waals surface area contributed by atoms with Gasteiger partial charge in [-0.05, 0) is 22.9 Å². The normalized spacial score (nSPS) is 18.3. The Labute approximate surface area is 144 Å². The number of esters is 2. The van der Waals surface area contributed by atoms with Gasteiger partial charge in [0.05, 0.1) is 6.10 Å². The highest BCUT2D eigenvalue weighted by Gasteiger charge is 2.69. The van der Waals surface area contributed by atoms with Gasteiger partial charge in [0.15, 0.2) is 6.10 Å². The molecule has 0 aromatic rings. The van der Waals surface area contributed by atoms with E-state index in [1.54, 1.807) is 0 Å². The van der Waals surface area contributed by atoms with Gasteiger partial charge < -0.3 is 24.8 Å². The van der Waals surface area contributed by atoms with Gasteiger partial charge in [0, 0.05) is 20.8 Å². The van der Waals surface area contributed by atoms with Crippen molar-refractivity contribution < 1.29 is 53.7 Å². The SMILES string of the molecule is CC(=O)OO[C@](OC(C)=O)(C(=O)Br)[C@](O)(OC(C)=O)[C@H](O)[C@@H](C)O. The van der Waals surface area contributed by atoms with E-state index < -0.39 is 46.4 Å². The summed E-state index contributed by atoms with van der Waals surface area (Å²) in [7, 11) is 0. The fourth-order valence-corrected chi connectivity index (χ4v) is 1.98. The Kier molecular flexibility index (Phi) is 7.92. The first-order chi connectivity index (χ1) is 10.8. The highest BCUT2D eigenvalue weighted by Crippen LogP contribution is 2.37. The first-order valence-corrected chi connectivity index (χ1v) is 7.13. The lowest BCUT2D eigenvalue weighted by molar-refractivity contribution is -0.458. The van der Waals surface area contributed by atoms with Crippen LogP contribution < -0.4 is 0 Å². The second-order valence-corrected chi connectivity index (χ2v) is 5.34. The van der Waals surface area contributed by atoms with E-state index in [4.69, 9.17) is 0 Å². The highest BCUT2D eigenvalue weighted by atomic mass is 79.9. The highest BCUT2D eigenvalue weighted by molar-refractivity contribution is 9.18. The summed E-state index contributed by atoms with van der Waals surface area (Å²) in [6, 6.07) is 0. The molecule has 0 saturated heterocycles. The van der Waals surface area contributed by atoms with Crippen LogP contribution in [0.2, 0.25) is 0 Å². The predicted molar refractivity (Wildman–Crippen MR) is 75.7 cm³/mol. The van der Waals surface area contributed by atoms with Crippen LogP contribution in [0.4, 0.5) is 0 Å². The molecule has 0 unspecified atom stereocenters. The van der Waals surface area contributed by atoms with Crippen molar-refractivity contribution in [3.8, 4) is 0 Å². The van der Waals surface area contributed by atoms with Crippen LogP contribution in [0, 0.1) is 0 Å². The van der Waals surface area contributed by atoms with Crippen LogP contribution in [0.25, 0.3) is 0 Å². The van der Waals surface area contributed by atoms with Crippen LogP contribution in [0.3, 0.4) is 0 Å². The molecule has 0 amide bonds. The molecule has 11 nitrogen and oxygen atoms in total. The molecule has 0 aliphatic rings. The Morgan fingerprint density at radius 2 is 1.42 bits per heavy atom. The van der Waals surface area contributed by atoms with Crippen LogP contribution in [0.1, 0.15) is 27.7 Å². The summed E-state index contributed by atoms with van der Waals surface area (Å²) in [5, 5.41) is 30.1. The van der Waals surface area contributed by atoms with E-state index in [-0.39, 0.29) is 0 Å². The smallest absolute Gasteiger partial charge is 0.392 e. The number of carbonyl (C=O) groups is 4. The Hall–Kier alpha value is -1.60. The Balaban J connectivity index is 6.40. The van der Waals surface area contributed by atoms with Crippen LogP contribution >= 0.6 is 15.9 Å². The number of carbonyl (C=O) groups excluding carboxylic acids is 4. The summed E-state index contributed by atoms with van der Waals surface area (Å²) >= 11 is 2.34. The molecule has 0 fully saturated rings. The van der Waals surface area contributed by atoms with Crippen molar-refractivity contribution in [2.75, 3.05) is 0 Å². The second kappa shape index (κ2) is 8.48. The Morgan fingerprint density at radius 3 is 1.71 bits per heavy atom. The molecule has 0 aliphatic heterocycles.